The molecule has 0 aromatic heterocycles. The number of hydrogen-bond acceptors (Lipinski definition) is 3. The van der Waals surface area contributed by atoms with Crippen LogP contribution < -0.4 is 29.6 Å². The topological polar surface area (TPSA) is 57.2 Å². The van der Waals surface area contributed by atoms with Gasteiger partial charge in [-0.25, -0.2) is 8.42 Å². The van der Waals surface area contributed by atoms with Gasteiger partial charge in [-0.05, 0) is 41.3 Å². The van der Waals surface area contributed by atoms with Crippen LogP contribution in [-0.4, -0.2) is 13.0 Å². The Morgan fingerprint density at radius 2 is 1.54 bits per heavy atom. The fourth-order valence-electron chi connectivity index (χ4n) is 2.98. The summed E-state index contributed by atoms with van der Waals surface area (Å²) in [5, 5.41) is 1.87. The average Bonchev–Trinajstić information content (AvgIpc) is 2.53. The largest absolute Gasteiger partial charge is 1.00 e. The Hall–Kier alpha value is -0.390. The zero-order chi connectivity index (χ0) is 16.7. The van der Waals surface area contributed by atoms with E-state index < -0.39 is 10.1 Å². The number of aryl methyl sites for hydroxylation is 1. The van der Waals surface area contributed by atoms with Crippen molar-refractivity contribution >= 4 is 20.9 Å². The molecule has 0 heterocycles. The second kappa shape index (κ2) is 10.6. The van der Waals surface area contributed by atoms with E-state index in [0.717, 1.165) is 35.6 Å². The normalized spacial score (nSPS) is 11.4. The van der Waals surface area contributed by atoms with Gasteiger partial charge in [-0.15, -0.1) is 0 Å². The molecule has 0 aliphatic heterocycles. The molecule has 0 aliphatic carbocycles. The van der Waals surface area contributed by atoms with E-state index in [9.17, 15) is 13.0 Å². The predicted octanol–water partition coefficient (Wildman–Crippen LogP) is 2.04. The third-order valence-electron chi connectivity index (χ3n) is 4.26. The van der Waals surface area contributed by atoms with Crippen molar-refractivity contribution in [3.63, 3.8) is 0 Å². The summed E-state index contributed by atoms with van der Waals surface area (Å²) in [7, 11) is -4.41. The molecule has 0 fully saturated rings. The molecule has 3 nitrogen and oxygen atoms in total. The first-order chi connectivity index (χ1) is 11.0. The quantitative estimate of drug-likeness (QED) is 0.392. The van der Waals surface area contributed by atoms with Crippen molar-refractivity contribution in [2.75, 3.05) is 0 Å². The van der Waals surface area contributed by atoms with Gasteiger partial charge in [-0.1, -0.05) is 69.7 Å². The van der Waals surface area contributed by atoms with Crippen LogP contribution in [0.5, 0.6) is 0 Å². The van der Waals surface area contributed by atoms with Crippen molar-refractivity contribution in [1.29, 1.82) is 0 Å². The van der Waals surface area contributed by atoms with Gasteiger partial charge in [0.25, 0.3) is 0 Å². The molecule has 2 rings (SSSR count). The van der Waals surface area contributed by atoms with Crippen LogP contribution in [0.1, 0.15) is 57.4 Å². The van der Waals surface area contributed by atoms with Gasteiger partial charge < -0.3 is 4.55 Å². The van der Waals surface area contributed by atoms with Crippen LogP contribution in [0.4, 0.5) is 0 Å². The van der Waals surface area contributed by atoms with Crippen LogP contribution in [0, 0.1) is 0 Å². The Morgan fingerprint density at radius 3 is 2.21 bits per heavy atom. The van der Waals surface area contributed by atoms with Crippen LogP contribution in [0.15, 0.2) is 41.3 Å². The summed E-state index contributed by atoms with van der Waals surface area (Å²) in [5.74, 6) is 0. The van der Waals surface area contributed by atoms with E-state index in [4.69, 9.17) is 0 Å². The summed E-state index contributed by atoms with van der Waals surface area (Å²) < 4.78 is 34.0. The number of rotatable bonds is 9. The molecule has 0 unspecified atom stereocenters. The fourth-order valence-corrected chi connectivity index (χ4v) is 3.54. The molecule has 0 N–H and O–H groups in total. The Morgan fingerprint density at radius 1 is 0.917 bits per heavy atom. The first-order valence-electron chi connectivity index (χ1n) is 8.50. The van der Waals surface area contributed by atoms with Gasteiger partial charge in [-0.2, -0.15) is 0 Å². The maximum Gasteiger partial charge on any atom is 1.00 e. The molecule has 0 saturated heterocycles. The molecular weight excluding hydrogens is 331 g/mol. The average molecular weight is 356 g/mol. The summed E-state index contributed by atoms with van der Waals surface area (Å²) in [5.41, 5.74) is 0.964. The zero-order valence-corrected chi connectivity index (χ0v) is 17.6. The molecule has 0 spiro atoms. The third-order valence-corrected chi connectivity index (χ3v) is 5.07. The smallest absolute Gasteiger partial charge is 0.744 e. The molecular formula is C19H25NaO3S. The van der Waals surface area contributed by atoms with E-state index in [1.807, 2.05) is 24.3 Å². The second-order valence-corrected chi connectivity index (χ2v) is 7.51. The minimum absolute atomic E-state index is 0. The molecule has 5 heteroatoms. The van der Waals surface area contributed by atoms with Gasteiger partial charge in [0.15, 0.2) is 0 Å². The molecule has 0 radical (unpaired) electrons. The zero-order valence-electron chi connectivity index (χ0n) is 14.8. The maximum absolute atomic E-state index is 11.3. The van der Waals surface area contributed by atoms with E-state index >= 15 is 0 Å². The SMILES string of the molecule is CCCCCCCCCc1cc(S(=O)(=O)[O-])cc2ccccc12.[Na+]. The molecule has 126 valence electrons. The molecule has 0 saturated carbocycles. The number of benzene rings is 2. The van der Waals surface area contributed by atoms with Gasteiger partial charge >= 0.3 is 29.6 Å². The molecule has 0 aliphatic rings. The van der Waals surface area contributed by atoms with Crippen molar-refractivity contribution in [1.82, 2.24) is 0 Å². The fraction of sp³-hybridized carbons (Fsp3) is 0.474. The van der Waals surface area contributed by atoms with E-state index in [2.05, 4.69) is 6.92 Å². The van der Waals surface area contributed by atoms with Crippen LogP contribution in [0.2, 0.25) is 0 Å². The van der Waals surface area contributed by atoms with Crippen molar-refractivity contribution < 1.29 is 42.5 Å². The van der Waals surface area contributed by atoms with Crippen LogP contribution >= 0.6 is 0 Å². The van der Waals surface area contributed by atoms with Gasteiger partial charge in [0.05, 0.1) is 4.90 Å². The molecule has 0 amide bonds. The van der Waals surface area contributed by atoms with Gasteiger partial charge in [0.1, 0.15) is 10.1 Å². The minimum Gasteiger partial charge on any atom is -0.744 e. The Bertz CT molecular complexity index is 741. The van der Waals surface area contributed by atoms with E-state index in [1.54, 1.807) is 6.07 Å². The van der Waals surface area contributed by atoms with Crippen molar-refractivity contribution in [2.45, 2.75) is 63.2 Å². The first kappa shape index (κ1) is 21.7. The van der Waals surface area contributed by atoms with Crippen LogP contribution in [0.3, 0.4) is 0 Å². The minimum atomic E-state index is -4.41. The van der Waals surface area contributed by atoms with E-state index in [1.165, 1.54) is 38.2 Å². The van der Waals surface area contributed by atoms with Gasteiger partial charge in [-0.3, -0.25) is 0 Å². The molecule has 24 heavy (non-hydrogen) atoms. The summed E-state index contributed by atoms with van der Waals surface area (Å²) in [4.78, 5) is -0.117. The van der Waals surface area contributed by atoms with Crippen LogP contribution in [0.25, 0.3) is 10.8 Å². The Balaban J connectivity index is 0.00000288. The summed E-state index contributed by atoms with van der Waals surface area (Å²) in [6, 6.07) is 10.7. The standard InChI is InChI=1S/C19H26O3S.Na/c1-2-3-4-5-6-7-8-11-16-14-18(23(20,21)22)15-17-12-9-10-13-19(16)17;/h9-10,12-15H,2-8,11H2,1H3,(H,20,21,22);/q;+1/p-1. The predicted molar refractivity (Wildman–Crippen MR) is 93.6 cm³/mol. The van der Waals surface area contributed by atoms with Gasteiger partial charge in [0.2, 0.25) is 0 Å². The summed E-state index contributed by atoms with van der Waals surface area (Å²) in [6.45, 7) is 2.21. The van der Waals surface area contributed by atoms with Crippen molar-refractivity contribution in [3.8, 4) is 0 Å². The van der Waals surface area contributed by atoms with E-state index in [-0.39, 0.29) is 34.5 Å². The summed E-state index contributed by atoms with van der Waals surface area (Å²) in [6.07, 6.45) is 9.32. The Kier molecular flexibility index (Phi) is 9.53. The van der Waals surface area contributed by atoms with Crippen molar-refractivity contribution in [2.24, 2.45) is 0 Å². The maximum atomic E-state index is 11.3. The number of fused-ring (bicyclic) bond motifs is 1. The number of hydrogen-bond donors (Lipinski definition) is 0. The van der Waals surface area contributed by atoms with Crippen LogP contribution in [-0.2, 0) is 16.5 Å². The summed E-state index contributed by atoms with van der Waals surface area (Å²) >= 11 is 0. The molecule has 2 aromatic rings. The Labute approximate surface area is 167 Å². The third kappa shape index (κ3) is 6.49. The van der Waals surface area contributed by atoms with Gasteiger partial charge in [0, 0.05) is 0 Å². The second-order valence-electron chi connectivity index (χ2n) is 6.13. The number of unbranched alkanes of at least 4 members (excludes halogenated alkanes) is 6. The monoisotopic (exact) mass is 356 g/mol. The molecule has 2 aromatic carbocycles. The first-order valence-corrected chi connectivity index (χ1v) is 9.91. The van der Waals surface area contributed by atoms with E-state index in [0.29, 0.717) is 0 Å². The van der Waals surface area contributed by atoms with Crippen molar-refractivity contribution in [3.05, 3.63) is 42.0 Å². The molecule has 0 bridgehead atoms. The molecule has 0 atom stereocenters.